The molecule has 0 heterocycles. The highest BCUT2D eigenvalue weighted by Crippen LogP contribution is 2.34. The number of carbonyl (C=O) groups is 1. The second kappa shape index (κ2) is 5.76. The van der Waals surface area contributed by atoms with Crippen LogP contribution in [0.2, 0.25) is 0 Å². The fraction of sp³-hybridized carbons (Fsp3) is 0.500. The summed E-state index contributed by atoms with van der Waals surface area (Å²) in [6, 6.07) is 8.27. The highest BCUT2D eigenvalue weighted by molar-refractivity contribution is 5.64. The number of methoxy groups -OCH3 is 1. The first-order valence-electron chi connectivity index (χ1n) is 6.32. The van der Waals surface area contributed by atoms with Gasteiger partial charge in [0.15, 0.2) is 0 Å². The van der Waals surface area contributed by atoms with Gasteiger partial charge in [-0.1, -0.05) is 12.1 Å². The molecule has 0 bridgehead atoms. The molecule has 1 aliphatic rings. The van der Waals surface area contributed by atoms with Gasteiger partial charge in [-0.3, -0.25) is 0 Å². The third-order valence-electron chi connectivity index (χ3n) is 3.62. The lowest BCUT2D eigenvalue weighted by Gasteiger charge is -2.28. The zero-order chi connectivity index (χ0) is 13.0. The molecule has 98 valence electrons. The molecule has 0 spiro atoms. The number of nitrogens with one attached hydrogen (secondary N) is 1. The van der Waals surface area contributed by atoms with E-state index in [0.29, 0.717) is 5.92 Å². The van der Waals surface area contributed by atoms with Crippen LogP contribution in [0.15, 0.2) is 24.3 Å². The predicted octanol–water partition coefficient (Wildman–Crippen LogP) is 2.99. The van der Waals surface area contributed by atoms with Gasteiger partial charge in [0.2, 0.25) is 0 Å². The normalized spacial score (nSPS) is 23.4. The highest BCUT2D eigenvalue weighted by Gasteiger charge is 2.23. The van der Waals surface area contributed by atoms with Crippen molar-refractivity contribution in [2.24, 2.45) is 0 Å². The van der Waals surface area contributed by atoms with Crippen molar-refractivity contribution < 1.29 is 14.6 Å². The maximum Gasteiger partial charge on any atom is 0.404 e. The molecule has 18 heavy (non-hydrogen) atoms. The van der Waals surface area contributed by atoms with E-state index < -0.39 is 6.09 Å². The van der Waals surface area contributed by atoms with Crippen molar-refractivity contribution in [2.75, 3.05) is 7.11 Å². The molecule has 2 N–H and O–H groups in total. The molecule has 1 aromatic rings. The Balaban J connectivity index is 1.94. The smallest absolute Gasteiger partial charge is 0.404 e. The lowest BCUT2D eigenvalue weighted by atomic mass is 9.82. The summed E-state index contributed by atoms with van der Waals surface area (Å²) in [5.41, 5.74) is 1.29. The van der Waals surface area contributed by atoms with Gasteiger partial charge in [-0.25, -0.2) is 4.79 Å². The van der Waals surface area contributed by atoms with Crippen LogP contribution in [0, 0.1) is 0 Å². The Bertz CT molecular complexity index is 411. The maximum absolute atomic E-state index is 10.6. The molecule has 1 aliphatic carbocycles. The van der Waals surface area contributed by atoms with Crippen molar-refractivity contribution >= 4 is 6.09 Å². The van der Waals surface area contributed by atoms with Crippen LogP contribution in [0.5, 0.6) is 5.75 Å². The van der Waals surface area contributed by atoms with Crippen molar-refractivity contribution in [3.05, 3.63) is 29.8 Å². The van der Waals surface area contributed by atoms with Crippen LogP contribution in [0.4, 0.5) is 4.79 Å². The molecule has 2 rings (SSSR count). The Kier molecular flexibility index (Phi) is 4.07. The molecular weight excluding hydrogens is 230 g/mol. The molecule has 1 amide bonds. The van der Waals surface area contributed by atoms with Gasteiger partial charge in [0.25, 0.3) is 0 Å². The maximum atomic E-state index is 10.6. The van der Waals surface area contributed by atoms with E-state index in [4.69, 9.17) is 9.84 Å². The molecule has 0 aliphatic heterocycles. The largest absolute Gasteiger partial charge is 0.497 e. The van der Waals surface area contributed by atoms with Crippen LogP contribution in [0.25, 0.3) is 0 Å². The standard InChI is InChI=1S/C14H19NO3/c1-18-13-4-2-3-11(9-13)10-5-7-12(8-6-10)15-14(16)17/h2-4,9-10,12,15H,5-8H2,1H3,(H,16,17). The second-order valence-corrected chi connectivity index (χ2v) is 4.77. The number of ether oxygens (including phenoxy) is 1. The number of benzene rings is 1. The van der Waals surface area contributed by atoms with Crippen LogP contribution in [-0.2, 0) is 0 Å². The van der Waals surface area contributed by atoms with Gasteiger partial charge >= 0.3 is 6.09 Å². The predicted molar refractivity (Wildman–Crippen MR) is 69.2 cm³/mol. The fourth-order valence-corrected chi connectivity index (χ4v) is 2.64. The van der Waals surface area contributed by atoms with E-state index in [1.807, 2.05) is 12.1 Å². The quantitative estimate of drug-likeness (QED) is 0.865. The number of rotatable bonds is 3. The monoisotopic (exact) mass is 249 g/mol. The minimum atomic E-state index is -0.917. The van der Waals surface area contributed by atoms with Gasteiger partial charge in [0.1, 0.15) is 5.75 Å². The zero-order valence-corrected chi connectivity index (χ0v) is 10.6. The first-order chi connectivity index (χ1) is 8.69. The molecule has 0 radical (unpaired) electrons. The zero-order valence-electron chi connectivity index (χ0n) is 10.6. The molecule has 0 aromatic heterocycles. The van der Waals surface area contributed by atoms with Crippen molar-refractivity contribution in [3.63, 3.8) is 0 Å². The van der Waals surface area contributed by atoms with Crippen molar-refractivity contribution in [1.82, 2.24) is 5.32 Å². The fourth-order valence-electron chi connectivity index (χ4n) is 2.64. The molecule has 4 nitrogen and oxygen atoms in total. The minimum absolute atomic E-state index is 0.115. The number of hydrogen-bond donors (Lipinski definition) is 2. The van der Waals surface area contributed by atoms with E-state index in [9.17, 15) is 4.79 Å². The Hall–Kier alpha value is -1.71. The first kappa shape index (κ1) is 12.7. The third-order valence-corrected chi connectivity index (χ3v) is 3.62. The Labute approximate surface area is 107 Å². The lowest BCUT2D eigenvalue weighted by molar-refractivity contribution is 0.185. The SMILES string of the molecule is COc1cccc(C2CCC(NC(=O)O)CC2)c1. The van der Waals surface area contributed by atoms with E-state index in [0.717, 1.165) is 31.4 Å². The summed E-state index contributed by atoms with van der Waals surface area (Å²) in [6.45, 7) is 0. The molecule has 0 unspecified atom stereocenters. The molecule has 1 fully saturated rings. The average Bonchev–Trinajstić information content (AvgIpc) is 2.39. The Morgan fingerprint density at radius 2 is 2.06 bits per heavy atom. The first-order valence-corrected chi connectivity index (χ1v) is 6.32. The molecule has 4 heteroatoms. The topological polar surface area (TPSA) is 58.6 Å². The Morgan fingerprint density at radius 1 is 1.33 bits per heavy atom. The van der Waals surface area contributed by atoms with Crippen LogP contribution in [0.3, 0.4) is 0 Å². The highest BCUT2D eigenvalue weighted by atomic mass is 16.5. The van der Waals surface area contributed by atoms with Crippen LogP contribution >= 0.6 is 0 Å². The van der Waals surface area contributed by atoms with Crippen LogP contribution < -0.4 is 10.1 Å². The minimum Gasteiger partial charge on any atom is -0.497 e. The van der Waals surface area contributed by atoms with E-state index in [2.05, 4.69) is 17.4 Å². The van der Waals surface area contributed by atoms with Gasteiger partial charge < -0.3 is 15.2 Å². The summed E-state index contributed by atoms with van der Waals surface area (Å²) in [5.74, 6) is 1.41. The number of hydrogen-bond acceptors (Lipinski definition) is 2. The van der Waals surface area contributed by atoms with Gasteiger partial charge in [-0.05, 0) is 49.3 Å². The van der Waals surface area contributed by atoms with Gasteiger partial charge in [-0.15, -0.1) is 0 Å². The van der Waals surface area contributed by atoms with Gasteiger partial charge in [-0.2, -0.15) is 0 Å². The summed E-state index contributed by atoms with van der Waals surface area (Å²) in [6.07, 6.45) is 2.96. The summed E-state index contributed by atoms with van der Waals surface area (Å²) >= 11 is 0. The molecule has 0 saturated heterocycles. The van der Waals surface area contributed by atoms with E-state index in [-0.39, 0.29) is 6.04 Å². The van der Waals surface area contributed by atoms with Crippen LogP contribution in [-0.4, -0.2) is 24.4 Å². The van der Waals surface area contributed by atoms with Crippen molar-refractivity contribution in [3.8, 4) is 5.75 Å². The van der Waals surface area contributed by atoms with Crippen LogP contribution in [0.1, 0.15) is 37.2 Å². The lowest BCUT2D eigenvalue weighted by Crippen LogP contribution is -2.36. The van der Waals surface area contributed by atoms with Gasteiger partial charge in [0.05, 0.1) is 7.11 Å². The van der Waals surface area contributed by atoms with Crippen molar-refractivity contribution in [2.45, 2.75) is 37.6 Å². The summed E-state index contributed by atoms with van der Waals surface area (Å²) in [7, 11) is 1.67. The molecule has 1 saturated carbocycles. The molecule has 0 atom stereocenters. The third kappa shape index (κ3) is 3.15. The Morgan fingerprint density at radius 3 is 2.67 bits per heavy atom. The second-order valence-electron chi connectivity index (χ2n) is 4.77. The summed E-state index contributed by atoms with van der Waals surface area (Å²) in [4.78, 5) is 10.6. The molecular formula is C14H19NO3. The summed E-state index contributed by atoms with van der Waals surface area (Å²) in [5, 5.41) is 11.3. The van der Waals surface area contributed by atoms with Crippen molar-refractivity contribution in [1.29, 1.82) is 0 Å². The molecule has 1 aromatic carbocycles. The average molecular weight is 249 g/mol. The number of carboxylic acid groups (broad SMARTS) is 1. The van der Waals surface area contributed by atoms with E-state index >= 15 is 0 Å². The van der Waals surface area contributed by atoms with Gasteiger partial charge in [0, 0.05) is 6.04 Å². The van der Waals surface area contributed by atoms with E-state index in [1.165, 1.54) is 5.56 Å². The summed E-state index contributed by atoms with van der Waals surface area (Å²) < 4.78 is 5.23. The number of amides is 1. The van der Waals surface area contributed by atoms with E-state index in [1.54, 1.807) is 7.11 Å².